The van der Waals surface area contributed by atoms with Crippen LogP contribution in [0.25, 0.3) is 0 Å². The van der Waals surface area contributed by atoms with Gasteiger partial charge < -0.3 is 14.4 Å². The summed E-state index contributed by atoms with van der Waals surface area (Å²) in [6, 6.07) is 5.47. The van der Waals surface area contributed by atoms with Gasteiger partial charge in [-0.2, -0.15) is 9.40 Å². The van der Waals surface area contributed by atoms with Crippen LogP contribution in [0.5, 0.6) is 11.5 Å². The number of H-pyrrole nitrogens is 1. The van der Waals surface area contributed by atoms with Crippen LogP contribution in [-0.4, -0.2) is 66.7 Å². The van der Waals surface area contributed by atoms with E-state index < -0.39 is 10.0 Å². The minimum Gasteiger partial charge on any atom is -0.454 e. The zero-order valence-electron chi connectivity index (χ0n) is 16.5. The van der Waals surface area contributed by atoms with E-state index in [4.69, 9.17) is 9.47 Å². The monoisotopic (exact) mass is 420 g/mol. The van der Waals surface area contributed by atoms with Crippen molar-refractivity contribution in [3.8, 4) is 11.5 Å². The zero-order chi connectivity index (χ0) is 20.6. The first-order valence-corrected chi connectivity index (χ1v) is 11.0. The Morgan fingerprint density at radius 2 is 1.93 bits per heavy atom. The molecule has 1 aromatic carbocycles. The number of rotatable bonds is 4. The SMILES string of the molecule is Cc1n[nH]c(C)c1S(=O)(=O)N1CCCN(C(=O)Cc2ccc3c(c2)OCO3)CC1. The Labute approximate surface area is 169 Å². The number of aromatic amines is 1. The van der Waals surface area contributed by atoms with Crippen LogP contribution in [0.4, 0.5) is 0 Å². The number of fused-ring (bicyclic) bond motifs is 1. The summed E-state index contributed by atoms with van der Waals surface area (Å²) >= 11 is 0. The Kier molecular flexibility index (Phi) is 5.22. The number of nitrogens with one attached hydrogen (secondary N) is 1. The fraction of sp³-hybridized carbons (Fsp3) is 0.474. The number of hydrogen-bond acceptors (Lipinski definition) is 6. The van der Waals surface area contributed by atoms with Crippen molar-refractivity contribution >= 4 is 15.9 Å². The molecule has 3 heterocycles. The van der Waals surface area contributed by atoms with Crippen molar-refractivity contribution in [2.75, 3.05) is 33.0 Å². The molecule has 29 heavy (non-hydrogen) atoms. The number of benzene rings is 1. The van der Waals surface area contributed by atoms with Crippen molar-refractivity contribution in [1.82, 2.24) is 19.4 Å². The summed E-state index contributed by atoms with van der Waals surface area (Å²) in [5, 5.41) is 6.73. The predicted octanol–water partition coefficient (Wildman–Crippen LogP) is 1.22. The molecule has 1 amide bonds. The highest BCUT2D eigenvalue weighted by molar-refractivity contribution is 7.89. The summed E-state index contributed by atoms with van der Waals surface area (Å²) < 4.78 is 38.2. The van der Waals surface area contributed by atoms with Crippen LogP contribution in [-0.2, 0) is 21.2 Å². The number of aromatic nitrogens is 2. The minimum absolute atomic E-state index is 0.0289. The molecule has 1 N–H and O–H groups in total. The van der Waals surface area contributed by atoms with E-state index >= 15 is 0 Å². The first-order valence-electron chi connectivity index (χ1n) is 9.54. The molecule has 0 spiro atoms. The summed E-state index contributed by atoms with van der Waals surface area (Å²) in [5.41, 5.74) is 1.84. The third kappa shape index (κ3) is 3.82. The van der Waals surface area contributed by atoms with Crippen molar-refractivity contribution in [1.29, 1.82) is 0 Å². The maximum atomic E-state index is 13.1. The molecule has 1 saturated heterocycles. The minimum atomic E-state index is -3.65. The van der Waals surface area contributed by atoms with Crippen LogP contribution in [0.2, 0.25) is 0 Å². The zero-order valence-corrected chi connectivity index (χ0v) is 17.3. The molecule has 4 rings (SSSR count). The molecule has 2 aromatic rings. The standard InChI is InChI=1S/C19H24N4O5S/c1-13-19(14(2)21-20-13)29(25,26)23-7-3-6-22(8-9-23)18(24)11-15-4-5-16-17(10-15)28-12-27-16/h4-5,10H,3,6-9,11-12H2,1-2H3,(H,20,21). The van der Waals surface area contributed by atoms with Gasteiger partial charge in [0.25, 0.3) is 0 Å². The van der Waals surface area contributed by atoms with Gasteiger partial charge in [0.15, 0.2) is 11.5 Å². The van der Waals surface area contributed by atoms with Crippen LogP contribution in [0.1, 0.15) is 23.4 Å². The molecule has 10 heteroatoms. The predicted molar refractivity (Wildman–Crippen MR) is 104 cm³/mol. The first-order chi connectivity index (χ1) is 13.9. The van der Waals surface area contributed by atoms with Gasteiger partial charge in [-0.05, 0) is 38.0 Å². The Balaban J connectivity index is 1.43. The summed E-state index contributed by atoms with van der Waals surface area (Å²) in [5.74, 6) is 1.30. The Bertz CT molecular complexity index is 1010. The average molecular weight is 420 g/mol. The van der Waals surface area contributed by atoms with E-state index in [0.29, 0.717) is 48.9 Å². The third-order valence-corrected chi connectivity index (χ3v) is 7.42. The van der Waals surface area contributed by atoms with Gasteiger partial charge in [0.1, 0.15) is 4.90 Å². The highest BCUT2D eigenvalue weighted by Gasteiger charge is 2.32. The third-order valence-electron chi connectivity index (χ3n) is 5.26. The topological polar surface area (TPSA) is 105 Å². The molecule has 0 atom stereocenters. The molecule has 0 aliphatic carbocycles. The second kappa shape index (κ2) is 7.68. The number of sulfonamides is 1. The second-order valence-corrected chi connectivity index (χ2v) is 9.14. The van der Waals surface area contributed by atoms with Gasteiger partial charge in [0, 0.05) is 26.2 Å². The molecular weight excluding hydrogens is 396 g/mol. The number of nitrogens with zero attached hydrogens (tertiary/aromatic N) is 3. The molecule has 9 nitrogen and oxygen atoms in total. The molecule has 156 valence electrons. The quantitative estimate of drug-likeness (QED) is 0.798. The van der Waals surface area contributed by atoms with Crippen LogP contribution >= 0.6 is 0 Å². The van der Waals surface area contributed by atoms with E-state index in [1.165, 1.54) is 4.31 Å². The van der Waals surface area contributed by atoms with Gasteiger partial charge in [-0.15, -0.1) is 0 Å². The largest absolute Gasteiger partial charge is 0.454 e. The van der Waals surface area contributed by atoms with E-state index in [2.05, 4.69) is 10.2 Å². The van der Waals surface area contributed by atoms with Crippen molar-refractivity contribution < 1.29 is 22.7 Å². The molecule has 0 saturated carbocycles. The average Bonchev–Trinajstić information content (AvgIpc) is 3.18. The summed E-state index contributed by atoms with van der Waals surface area (Å²) in [4.78, 5) is 14.7. The molecule has 2 aliphatic heterocycles. The molecule has 0 bridgehead atoms. The number of hydrogen-bond donors (Lipinski definition) is 1. The fourth-order valence-electron chi connectivity index (χ4n) is 3.77. The lowest BCUT2D eigenvalue weighted by atomic mass is 10.1. The normalized spacial score (nSPS) is 17.4. The van der Waals surface area contributed by atoms with Gasteiger partial charge >= 0.3 is 0 Å². The lowest BCUT2D eigenvalue weighted by Crippen LogP contribution is -2.38. The van der Waals surface area contributed by atoms with E-state index in [9.17, 15) is 13.2 Å². The Morgan fingerprint density at radius 1 is 1.14 bits per heavy atom. The molecule has 1 fully saturated rings. The Hall–Kier alpha value is -2.59. The summed E-state index contributed by atoms with van der Waals surface area (Å²) in [6.45, 7) is 5.09. The molecule has 0 unspecified atom stereocenters. The van der Waals surface area contributed by atoms with Crippen molar-refractivity contribution in [3.05, 3.63) is 35.2 Å². The lowest BCUT2D eigenvalue weighted by molar-refractivity contribution is -0.130. The molecule has 0 radical (unpaired) electrons. The van der Waals surface area contributed by atoms with Crippen LogP contribution in [0, 0.1) is 13.8 Å². The summed E-state index contributed by atoms with van der Waals surface area (Å²) in [7, 11) is -3.65. The first kappa shape index (κ1) is 19.7. The number of ether oxygens (including phenoxy) is 2. The smallest absolute Gasteiger partial charge is 0.246 e. The lowest BCUT2D eigenvalue weighted by Gasteiger charge is -2.22. The van der Waals surface area contributed by atoms with Crippen molar-refractivity contribution in [2.45, 2.75) is 31.6 Å². The molecule has 1 aromatic heterocycles. The Morgan fingerprint density at radius 3 is 2.69 bits per heavy atom. The number of amides is 1. The van der Waals surface area contributed by atoms with Crippen LogP contribution in [0.3, 0.4) is 0 Å². The van der Waals surface area contributed by atoms with Gasteiger partial charge in [-0.1, -0.05) is 6.07 Å². The van der Waals surface area contributed by atoms with Crippen LogP contribution in [0.15, 0.2) is 23.1 Å². The van der Waals surface area contributed by atoms with Gasteiger partial charge in [0.05, 0.1) is 17.8 Å². The molecule has 2 aliphatic rings. The van der Waals surface area contributed by atoms with Gasteiger partial charge in [-0.25, -0.2) is 8.42 Å². The summed E-state index contributed by atoms with van der Waals surface area (Å²) in [6.07, 6.45) is 0.825. The van der Waals surface area contributed by atoms with Crippen molar-refractivity contribution in [2.24, 2.45) is 0 Å². The maximum absolute atomic E-state index is 13.1. The van der Waals surface area contributed by atoms with Crippen LogP contribution < -0.4 is 9.47 Å². The number of aryl methyl sites for hydroxylation is 2. The number of carbonyl (C=O) groups is 1. The maximum Gasteiger partial charge on any atom is 0.246 e. The number of carbonyl (C=O) groups excluding carboxylic acids is 1. The van der Waals surface area contributed by atoms with Crippen molar-refractivity contribution in [3.63, 3.8) is 0 Å². The van der Waals surface area contributed by atoms with E-state index in [1.54, 1.807) is 24.8 Å². The molecular formula is C19H24N4O5S. The van der Waals surface area contributed by atoms with E-state index in [1.807, 2.05) is 12.1 Å². The van der Waals surface area contributed by atoms with Gasteiger partial charge in [0.2, 0.25) is 22.7 Å². The van der Waals surface area contributed by atoms with Gasteiger partial charge in [-0.3, -0.25) is 9.89 Å². The van der Waals surface area contributed by atoms with E-state index in [-0.39, 0.29) is 30.6 Å². The second-order valence-electron chi connectivity index (χ2n) is 7.27. The fourth-order valence-corrected chi connectivity index (χ4v) is 5.57. The highest BCUT2D eigenvalue weighted by atomic mass is 32.2. The highest BCUT2D eigenvalue weighted by Crippen LogP contribution is 2.32. The van der Waals surface area contributed by atoms with E-state index in [0.717, 1.165) is 5.56 Å².